The number of esters is 1. The van der Waals surface area contributed by atoms with Crippen molar-refractivity contribution in [1.29, 1.82) is 0 Å². The predicted octanol–water partition coefficient (Wildman–Crippen LogP) is 3.13. The summed E-state index contributed by atoms with van der Waals surface area (Å²) in [5.41, 5.74) is -0.0197. The topological polar surface area (TPSA) is 38.3 Å². The number of rotatable bonds is 6. The summed E-state index contributed by atoms with van der Waals surface area (Å²) < 4.78 is 5.13. The Morgan fingerprint density at radius 3 is 2.61 bits per heavy atom. The van der Waals surface area contributed by atoms with E-state index in [0.717, 1.165) is 31.7 Å². The van der Waals surface area contributed by atoms with Gasteiger partial charge < -0.3 is 10.1 Å². The van der Waals surface area contributed by atoms with Gasteiger partial charge in [-0.1, -0.05) is 20.8 Å². The van der Waals surface area contributed by atoms with Crippen molar-refractivity contribution in [1.82, 2.24) is 5.32 Å². The quantitative estimate of drug-likeness (QED) is 0.741. The Hall–Kier alpha value is -0.570. The molecule has 3 atom stereocenters. The fraction of sp³-hybridized carbons (Fsp3) is 0.933. The Bertz CT molecular complexity index is 263. The largest absolute Gasteiger partial charge is 0.466 e. The summed E-state index contributed by atoms with van der Waals surface area (Å²) in [4.78, 5) is 11.8. The lowest BCUT2D eigenvalue weighted by Gasteiger charge is -2.43. The van der Waals surface area contributed by atoms with Crippen LogP contribution in [-0.4, -0.2) is 24.7 Å². The van der Waals surface area contributed by atoms with Crippen LogP contribution in [0.1, 0.15) is 59.8 Å². The van der Waals surface area contributed by atoms with Crippen LogP contribution in [0.15, 0.2) is 0 Å². The third-order valence-electron chi connectivity index (χ3n) is 4.30. The molecule has 3 heteroatoms. The van der Waals surface area contributed by atoms with Gasteiger partial charge in [0.15, 0.2) is 0 Å². The highest BCUT2D eigenvalue weighted by molar-refractivity contribution is 5.71. The molecule has 0 aromatic heterocycles. The van der Waals surface area contributed by atoms with Gasteiger partial charge in [-0.25, -0.2) is 0 Å². The van der Waals surface area contributed by atoms with Crippen LogP contribution in [0.2, 0.25) is 0 Å². The second-order valence-corrected chi connectivity index (χ2v) is 5.89. The summed E-state index contributed by atoms with van der Waals surface area (Å²) in [7, 11) is 0. The number of carbonyl (C=O) groups excluding carboxylic acids is 1. The van der Waals surface area contributed by atoms with E-state index in [4.69, 9.17) is 4.74 Å². The molecule has 0 amide bonds. The molecule has 1 N–H and O–H groups in total. The number of hydrogen-bond donors (Lipinski definition) is 1. The maximum atomic E-state index is 11.8. The molecule has 0 aromatic carbocycles. The minimum absolute atomic E-state index is 0.0197. The second-order valence-electron chi connectivity index (χ2n) is 5.89. The minimum atomic E-state index is -0.0529. The number of nitrogens with one attached hydrogen (secondary N) is 1. The van der Waals surface area contributed by atoms with Crippen LogP contribution in [0.3, 0.4) is 0 Å². The van der Waals surface area contributed by atoms with Crippen LogP contribution in [0.5, 0.6) is 0 Å². The van der Waals surface area contributed by atoms with E-state index in [-0.39, 0.29) is 11.5 Å². The van der Waals surface area contributed by atoms with Gasteiger partial charge in [-0.2, -0.15) is 0 Å². The highest BCUT2D eigenvalue weighted by atomic mass is 16.5. The predicted molar refractivity (Wildman–Crippen MR) is 74.5 cm³/mol. The molecule has 0 aromatic rings. The fourth-order valence-electron chi connectivity index (χ4n) is 2.97. The molecule has 106 valence electrons. The van der Waals surface area contributed by atoms with E-state index in [1.807, 2.05) is 6.92 Å². The first-order chi connectivity index (χ1) is 8.53. The first-order valence-electron chi connectivity index (χ1n) is 7.43. The van der Waals surface area contributed by atoms with Crippen molar-refractivity contribution in [2.24, 2.45) is 11.8 Å². The number of carbonyl (C=O) groups is 1. The first kappa shape index (κ1) is 15.5. The molecule has 18 heavy (non-hydrogen) atoms. The lowest BCUT2D eigenvalue weighted by molar-refractivity contribution is -0.145. The summed E-state index contributed by atoms with van der Waals surface area (Å²) in [6, 6.07) is 0. The van der Waals surface area contributed by atoms with E-state index in [0.29, 0.717) is 18.9 Å². The lowest BCUT2D eigenvalue weighted by atomic mass is 9.70. The maximum absolute atomic E-state index is 11.8. The van der Waals surface area contributed by atoms with Gasteiger partial charge in [0.05, 0.1) is 13.0 Å². The van der Waals surface area contributed by atoms with Crippen molar-refractivity contribution in [3.05, 3.63) is 0 Å². The van der Waals surface area contributed by atoms with Crippen LogP contribution in [-0.2, 0) is 9.53 Å². The van der Waals surface area contributed by atoms with E-state index >= 15 is 0 Å². The van der Waals surface area contributed by atoms with Crippen LogP contribution in [0.25, 0.3) is 0 Å². The van der Waals surface area contributed by atoms with Crippen molar-refractivity contribution in [2.45, 2.75) is 65.3 Å². The number of hydrogen-bond acceptors (Lipinski definition) is 3. The molecule has 1 rings (SSSR count). The molecule has 1 saturated carbocycles. The molecule has 1 fully saturated rings. The van der Waals surface area contributed by atoms with Gasteiger partial charge in [0.1, 0.15) is 0 Å². The Balaban J connectivity index is 2.66. The summed E-state index contributed by atoms with van der Waals surface area (Å²) in [6.45, 7) is 10.1. The minimum Gasteiger partial charge on any atom is -0.466 e. The van der Waals surface area contributed by atoms with Gasteiger partial charge in [-0.3, -0.25) is 4.79 Å². The molecule has 0 radical (unpaired) electrons. The summed E-state index contributed by atoms with van der Waals surface area (Å²) in [6.07, 6.45) is 5.02. The van der Waals surface area contributed by atoms with Gasteiger partial charge in [-0.15, -0.1) is 0 Å². The highest BCUT2D eigenvalue weighted by Crippen LogP contribution is 2.38. The summed E-state index contributed by atoms with van der Waals surface area (Å²) in [5, 5.41) is 3.62. The molecule has 0 aliphatic heterocycles. The van der Waals surface area contributed by atoms with E-state index in [1.165, 1.54) is 6.42 Å². The monoisotopic (exact) mass is 255 g/mol. The molecule has 3 unspecified atom stereocenters. The van der Waals surface area contributed by atoms with Gasteiger partial charge in [0, 0.05) is 5.54 Å². The molecule has 0 bridgehead atoms. The Morgan fingerprint density at radius 2 is 2.06 bits per heavy atom. The summed E-state index contributed by atoms with van der Waals surface area (Å²) >= 11 is 0. The van der Waals surface area contributed by atoms with Gasteiger partial charge in [0.25, 0.3) is 0 Å². The molecule has 0 spiro atoms. The van der Waals surface area contributed by atoms with Crippen LogP contribution in [0, 0.1) is 11.8 Å². The van der Waals surface area contributed by atoms with E-state index in [2.05, 4.69) is 26.1 Å². The van der Waals surface area contributed by atoms with Crippen molar-refractivity contribution in [2.75, 3.05) is 13.2 Å². The Labute approximate surface area is 112 Å². The van der Waals surface area contributed by atoms with Gasteiger partial charge in [0.2, 0.25) is 0 Å². The maximum Gasteiger partial charge on any atom is 0.307 e. The fourth-order valence-corrected chi connectivity index (χ4v) is 2.97. The molecule has 3 nitrogen and oxygen atoms in total. The van der Waals surface area contributed by atoms with Gasteiger partial charge in [-0.05, 0) is 51.0 Å². The van der Waals surface area contributed by atoms with E-state index in [9.17, 15) is 4.79 Å². The molecular formula is C15H29NO2. The first-order valence-corrected chi connectivity index (χ1v) is 7.43. The van der Waals surface area contributed by atoms with Crippen LogP contribution in [0.4, 0.5) is 0 Å². The Morgan fingerprint density at radius 1 is 1.33 bits per heavy atom. The molecule has 0 heterocycles. The van der Waals surface area contributed by atoms with Crippen molar-refractivity contribution in [3.63, 3.8) is 0 Å². The lowest BCUT2D eigenvalue weighted by Crippen LogP contribution is -2.51. The van der Waals surface area contributed by atoms with Crippen LogP contribution >= 0.6 is 0 Å². The normalized spacial score (nSPS) is 32.2. The zero-order valence-electron chi connectivity index (χ0n) is 12.4. The molecule has 1 aliphatic rings. The third-order valence-corrected chi connectivity index (χ3v) is 4.30. The van der Waals surface area contributed by atoms with Crippen molar-refractivity contribution in [3.8, 4) is 0 Å². The van der Waals surface area contributed by atoms with Crippen LogP contribution < -0.4 is 5.32 Å². The zero-order chi connectivity index (χ0) is 13.6. The average Bonchev–Trinajstić information content (AvgIpc) is 2.32. The SMILES string of the molecule is CCCNC1(CC(=O)OCC)CCC(C)C(C)C1. The standard InChI is InChI=1S/C15H29NO2/c1-5-9-16-15(11-14(17)18-6-2)8-7-12(3)13(4)10-15/h12-13,16H,5-11H2,1-4H3. The second kappa shape index (κ2) is 7.13. The van der Waals surface area contributed by atoms with Crippen molar-refractivity contribution < 1.29 is 9.53 Å². The summed E-state index contributed by atoms with van der Waals surface area (Å²) in [5.74, 6) is 1.39. The Kier molecular flexibility index (Phi) is 6.13. The highest BCUT2D eigenvalue weighted by Gasteiger charge is 2.39. The number of ether oxygens (including phenoxy) is 1. The zero-order valence-corrected chi connectivity index (χ0v) is 12.4. The van der Waals surface area contributed by atoms with Gasteiger partial charge >= 0.3 is 5.97 Å². The molecule has 0 saturated heterocycles. The van der Waals surface area contributed by atoms with Crippen molar-refractivity contribution >= 4 is 5.97 Å². The smallest absolute Gasteiger partial charge is 0.307 e. The molecule has 1 aliphatic carbocycles. The molecular weight excluding hydrogens is 226 g/mol. The van der Waals surface area contributed by atoms with E-state index in [1.54, 1.807) is 0 Å². The average molecular weight is 255 g/mol. The third kappa shape index (κ3) is 4.27. The van der Waals surface area contributed by atoms with E-state index < -0.39 is 0 Å².